The summed E-state index contributed by atoms with van der Waals surface area (Å²) in [5, 5.41) is 1.08. The van der Waals surface area contributed by atoms with Gasteiger partial charge in [0, 0.05) is 16.5 Å². The Morgan fingerprint density at radius 2 is 1.00 bits per heavy atom. The Morgan fingerprint density at radius 3 is 1.63 bits per heavy atom. The fourth-order valence-electron chi connectivity index (χ4n) is 7.82. The number of benzene rings is 6. The predicted octanol–water partition coefficient (Wildman–Crippen LogP) is 9.92. The molecule has 9 rings (SSSR count). The van der Waals surface area contributed by atoms with Gasteiger partial charge in [-0.15, -0.1) is 0 Å². The number of hydrogen-bond donors (Lipinski definition) is 0. The van der Waals surface area contributed by atoms with Crippen LogP contribution >= 0.6 is 0 Å². The normalized spacial score (nSPS) is 13.5. The molecule has 0 saturated heterocycles. The van der Waals surface area contributed by atoms with Crippen LogP contribution in [0.15, 0.2) is 133 Å². The number of fused-ring (bicyclic) bond motifs is 11. The quantitative estimate of drug-likeness (QED) is 0.215. The molecule has 0 N–H and O–H groups in total. The molecule has 2 heteroatoms. The van der Waals surface area contributed by atoms with Crippen LogP contribution in [-0.4, -0.2) is 9.97 Å². The van der Waals surface area contributed by atoms with Crippen molar-refractivity contribution < 1.29 is 0 Å². The molecule has 0 fully saturated rings. The minimum atomic E-state index is -0.387. The number of nitrogens with zero attached hydrogens (tertiary/aromatic N) is 2. The average Bonchev–Trinajstić information content (AvgIpc) is 3.52. The van der Waals surface area contributed by atoms with Gasteiger partial charge in [-0.3, -0.25) is 0 Å². The van der Waals surface area contributed by atoms with Crippen molar-refractivity contribution >= 4 is 10.9 Å². The number of aromatic nitrogens is 2. The smallest absolute Gasteiger partial charge is 0.160 e. The van der Waals surface area contributed by atoms with Crippen LogP contribution in [0.25, 0.3) is 55.8 Å². The SMILES string of the molecule is Cc1cccc(C)c1-c1nc(-c2ccc3c(c2)C2(c4ccccc4-c4ccccc42)c2ccccc2-3)nc2ccccc12. The molecule has 0 saturated carbocycles. The molecule has 7 aromatic rings. The van der Waals surface area contributed by atoms with Crippen LogP contribution in [0.4, 0.5) is 0 Å². The maximum Gasteiger partial charge on any atom is 0.160 e. The summed E-state index contributed by atoms with van der Waals surface area (Å²) in [6.07, 6.45) is 0. The summed E-state index contributed by atoms with van der Waals surface area (Å²) < 4.78 is 0. The Morgan fingerprint density at radius 1 is 0.465 bits per heavy atom. The highest BCUT2D eigenvalue weighted by Gasteiger charge is 2.51. The molecule has 0 radical (unpaired) electrons. The zero-order valence-electron chi connectivity index (χ0n) is 24.1. The predicted molar refractivity (Wildman–Crippen MR) is 176 cm³/mol. The molecule has 202 valence electrons. The first-order chi connectivity index (χ1) is 21.2. The van der Waals surface area contributed by atoms with Gasteiger partial charge in [-0.2, -0.15) is 0 Å². The van der Waals surface area contributed by atoms with Crippen LogP contribution in [0.1, 0.15) is 33.4 Å². The van der Waals surface area contributed by atoms with Crippen LogP contribution in [0.2, 0.25) is 0 Å². The van der Waals surface area contributed by atoms with Gasteiger partial charge in [-0.1, -0.05) is 121 Å². The highest BCUT2D eigenvalue weighted by molar-refractivity contribution is 5.97. The minimum absolute atomic E-state index is 0.387. The van der Waals surface area contributed by atoms with Crippen molar-refractivity contribution in [1.82, 2.24) is 9.97 Å². The monoisotopic (exact) mass is 548 g/mol. The molecular weight excluding hydrogens is 520 g/mol. The van der Waals surface area contributed by atoms with Gasteiger partial charge >= 0.3 is 0 Å². The molecule has 0 unspecified atom stereocenters. The van der Waals surface area contributed by atoms with E-state index in [1.54, 1.807) is 0 Å². The van der Waals surface area contributed by atoms with E-state index in [0.29, 0.717) is 0 Å². The lowest BCUT2D eigenvalue weighted by Gasteiger charge is -2.30. The standard InChI is InChI=1S/C41H28N2/c1-25-12-11-13-26(2)38(25)39-32-17-6-10-21-37(32)42-40(43-39)27-22-23-31-30-16-5-9-20-35(30)41(36(31)24-27)33-18-7-3-14-28(33)29-15-4-8-19-34(29)41/h3-24H,1-2H3. The van der Waals surface area contributed by atoms with Gasteiger partial charge in [0.2, 0.25) is 0 Å². The lowest BCUT2D eigenvalue weighted by molar-refractivity contribution is 0.794. The Bertz CT molecular complexity index is 2190. The third-order valence-corrected chi connectivity index (χ3v) is 9.58. The van der Waals surface area contributed by atoms with E-state index in [-0.39, 0.29) is 5.41 Å². The number of aryl methyl sites for hydroxylation is 2. The summed E-state index contributed by atoms with van der Waals surface area (Å²) in [5.74, 6) is 0.754. The summed E-state index contributed by atoms with van der Waals surface area (Å²) in [7, 11) is 0. The van der Waals surface area contributed by atoms with Gasteiger partial charge in [-0.25, -0.2) is 9.97 Å². The lowest BCUT2D eigenvalue weighted by Crippen LogP contribution is -2.25. The van der Waals surface area contributed by atoms with Gasteiger partial charge in [-0.05, 0) is 81.6 Å². The molecule has 6 aromatic carbocycles. The number of para-hydroxylation sites is 1. The zero-order valence-corrected chi connectivity index (χ0v) is 24.1. The van der Waals surface area contributed by atoms with Crippen molar-refractivity contribution in [2.45, 2.75) is 19.3 Å². The van der Waals surface area contributed by atoms with Gasteiger partial charge in [0.25, 0.3) is 0 Å². The molecule has 1 spiro atoms. The van der Waals surface area contributed by atoms with E-state index in [0.717, 1.165) is 28.0 Å². The third-order valence-electron chi connectivity index (χ3n) is 9.58. The van der Waals surface area contributed by atoms with Crippen LogP contribution in [0.5, 0.6) is 0 Å². The summed E-state index contributed by atoms with van der Waals surface area (Å²) >= 11 is 0. The highest BCUT2D eigenvalue weighted by atomic mass is 14.9. The molecule has 0 bridgehead atoms. The van der Waals surface area contributed by atoms with E-state index in [9.17, 15) is 0 Å². The molecule has 0 aliphatic heterocycles. The van der Waals surface area contributed by atoms with Gasteiger partial charge in [0.05, 0.1) is 16.6 Å². The first-order valence-electron chi connectivity index (χ1n) is 14.9. The van der Waals surface area contributed by atoms with Crippen LogP contribution in [0.3, 0.4) is 0 Å². The van der Waals surface area contributed by atoms with E-state index in [2.05, 4.69) is 147 Å². The van der Waals surface area contributed by atoms with Crippen LogP contribution in [0, 0.1) is 13.8 Å². The fourth-order valence-corrected chi connectivity index (χ4v) is 7.82. The maximum atomic E-state index is 5.33. The van der Waals surface area contributed by atoms with Crippen molar-refractivity contribution in [3.63, 3.8) is 0 Å². The van der Waals surface area contributed by atoms with Gasteiger partial charge in [0.15, 0.2) is 5.82 Å². The van der Waals surface area contributed by atoms with E-state index < -0.39 is 0 Å². The molecule has 0 amide bonds. The Kier molecular flexibility index (Phi) is 4.99. The maximum absolute atomic E-state index is 5.33. The van der Waals surface area contributed by atoms with Crippen molar-refractivity contribution in [3.8, 4) is 44.9 Å². The number of hydrogen-bond acceptors (Lipinski definition) is 2. The van der Waals surface area contributed by atoms with Crippen LogP contribution in [-0.2, 0) is 5.41 Å². The van der Waals surface area contributed by atoms with Crippen molar-refractivity contribution in [3.05, 3.63) is 167 Å². The molecule has 1 heterocycles. The van der Waals surface area contributed by atoms with Gasteiger partial charge in [0.1, 0.15) is 0 Å². The first-order valence-corrected chi connectivity index (χ1v) is 14.9. The fraction of sp³-hybridized carbons (Fsp3) is 0.0732. The summed E-state index contributed by atoms with van der Waals surface area (Å²) in [6.45, 7) is 4.34. The molecule has 0 atom stereocenters. The molecule has 2 aliphatic carbocycles. The molecule has 2 aliphatic rings. The number of rotatable bonds is 2. The van der Waals surface area contributed by atoms with Gasteiger partial charge < -0.3 is 0 Å². The topological polar surface area (TPSA) is 25.8 Å². The van der Waals surface area contributed by atoms with Crippen molar-refractivity contribution in [1.29, 1.82) is 0 Å². The molecular formula is C41H28N2. The van der Waals surface area contributed by atoms with Crippen LogP contribution < -0.4 is 0 Å². The van der Waals surface area contributed by atoms with E-state index in [1.165, 1.54) is 61.2 Å². The largest absolute Gasteiger partial charge is 0.228 e. The summed E-state index contributed by atoms with van der Waals surface area (Å²) in [6, 6.07) is 48.5. The summed E-state index contributed by atoms with van der Waals surface area (Å²) in [4.78, 5) is 10.5. The first kappa shape index (κ1) is 24.3. The van der Waals surface area contributed by atoms with E-state index in [1.807, 2.05) is 0 Å². The second kappa shape index (κ2) is 8.83. The van der Waals surface area contributed by atoms with E-state index in [4.69, 9.17) is 9.97 Å². The summed E-state index contributed by atoms with van der Waals surface area (Å²) in [5.41, 5.74) is 16.7. The molecule has 43 heavy (non-hydrogen) atoms. The van der Waals surface area contributed by atoms with Crippen molar-refractivity contribution in [2.24, 2.45) is 0 Å². The van der Waals surface area contributed by atoms with Crippen molar-refractivity contribution in [2.75, 3.05) is 0 Å². The Hall–Kier alpha value is -5.34. The highest BCUT2D eigenvalue weighted by Crippen LogP contribution is 2.62. The third kappa shape index (κ3) is 3.18. The average molecular weight is 549 g/mol. The lowest BCUT2D eigenvalue weighted by atomic mass is 9.70. The second-order valence-electron chi connectivity index (χ2n) is 11.8. The second-order valence-corrected chi connectivity index (χ2v) is 11.8. The minimum Gasteiger partial charge on any atom is -0.228 e. The zero-order chi connectivity index (χ0) is 28.7. The Labute approximate surface area is 251 Å². The molecule has 2 nitrogen and oxygen atoms in total. The Balaban J connectivity index is 1.35. The van der Waals surface area contributed by atoms with E-state index >= 15 is 0 Å². The molecule has 1 aromatic heterocycles.